The molecule has 278 valence electrons. The van der Waals surface area contributed by atoms with E-state index < -0.39 is 5.91 Å². The summed E-state index contributed by atoms with van der Waals surface area (Å²) in [6.07, 6.45) is 7.78. The number of carbonyl (C=O) groups excluding carboxylic acids is 2. The molecule has 3 aromatic rings. The van der Waals surface area contributed by atoms with Crippen LogP contribution in [-0.2, 0) is 27.2 Å². The molecule has 0 saturated carbocycles. The molecular formula is C39H52N8O5. The fourth-order valence-electron chi connectivity index (χ4n) is 7.26. The van der Waals surface area contributed by atoms with E-state index in [0.717, 1.165) is 94.2 Å². The maximum atomic E-state index is 12.4. The van der Waals surface area contributed by atoms with Gasteiger partial charge in [-0.25, -0.2) is 14.8 Å². The normalized spacial score (nSPS) is 18.0. The van der Waals surface area contributed by atoms with Crippen LogP contribution in [0, 0.1) is 0 Å². The van der Waals surface area contributed by atoms with Crippen molar-refractivity contribution >= 4 is 41.0 Å². The minimum atomic E-state index is -0.632. The van der Waals surface area contributed by atoms with Crippen molar-refractivity contribution in [3.05, 3.63) is 71.1 Å². The second kappa shape index (κ2) is 17.7. The fourth-order valence-corrected chi connectivity index (χ4v) is 7.26. The maximum Gasteiger partial charge on any atom is 0.330 e. The molecule has 4 N–H and O–H groups in total. The molecular weight excluding hydrogens is 660 g/mol. The molecule has 3 saturated heterocycles. The third kappa shape index (κ3) is 9.38. The van der Waals surface area contributed by atoms with Crippen molar-refractivity contribution in [2.24, 2.45) is 5.73 Å². The highest BCUT2D eigenvalue weighted by molar-refractivity contribution is 5.96. The van der Waals surface area contributed by atoms with Crippen LogP contribution in [0.3, 0.4) is 0 Å². The number of piperidine rings is 1. The standard InChI is InChI=1S/C39H52N8O5/c1-4-32-38(41-29-15-23-52-24-16-29)44-39(36(43-32)37(40)49)42-30-10-11-33(34(25-30)50-2)47-17-13-31(14-18-47)46-21-19-45(20-22-46)26-28-7-5-27(6-8-28)9-12-35(48)51-3/h5-12,25,29,31H,4,13-24,26H2,1-3H3,(H2,40,49)(H2,41,42,44)/b12-9+. The van der Waals surface area contributed by atoms with Crippen molar-refractivity contribution in [1.29, 1.82) is 0 Å². The van der Waals surface area contributed by atoms with E-state index >= 15 is 0 Å². The van der Waals surface area contributed by atoms with E-state index in [2.05, 4.69) is 53.3 Å². The summed E-state index contributed by atoms with van der Waals surface area (Å²) >= 11 is 0. The molecule has 0 bridgehead atoms. The van der Waals surface area contributed by atoms with Crippen molar-refractivity contribution < 1.29 is 23.8 Å². The summed E-state index contributed by atoms with van der Waals surface area (Å²) < 4.78 is 16.1. The average molecular weight is 713 g/mol. The maximum absolute atomic E-state index is 12.4. The number of rotatable bonds is 13. The Kier molecular flexibility index (Phi) is 12.6. The van der Waals surface area contributed by atoms with Crippen LogP contribution in [0.2, 0.25) is 0 Å². The zero-order chi connectivity index (χ0) is 36.5. The molecule has 13 nitrogen and oxygen atoms in total. The molecule has 3 aliphatic rings. The number of nitrogens with one attached hydrogen (secondary N) is 2. The second-order valence-electron chi connectivity index (χ2n) is 13.6. The van der Waals surface area contributed by atoms with Crippen molar-refractivity contribution in [2.45, 2.75) is 57.7 Å². The summed E-state index contributed by atoms with van der Waals surface area (Å²) in [7, 11) is 3.07. The molecule has 0 aliphatic carbocycles. The zero-order valence-corrected chi connectivity index (χ0v) is 30.6. The highest BCUT2D eigenvalue weighted by atomic mass is 16.5. The van der Waals surface area contributed by atoms with E-state index in [1.54, 1.807) is 13.2 Å². The van der Waals surface area contributed by atoms with Gasteiger partial charge < -0.3 is 35.5 Å². The summed E-state index contributed by atoms with van der Waals surface area (Å²) in [5.74, 6) is 0.747. The van der Waals surface area contributed by atoms with Crippen LogP contribution in [0.15, 0.2) is 48.5 Å². The van der Waals surface area contributed by atoms with Gasteiger partial charge in [0.25, 0.3) is 5.91 Å². The molecule has 0 spiro atoms. The van der Waals surface area contributed by atoms with E-state index in [-0.39, 0.29) is 17.7 Å². The van der Waals surface area contributed by atoms with Crippen LogP contribution in [0.25, 0.3) is 6.08 Å². The summed E-state index contributed by atoms with van der Waals surface area (Å²) in [4.78, 5) is 40.8. The molecule has 4 heterocycles. The monoisotopic (exact) mass is 712 g/mol. The number of primary amides is 1. The summed E-state index contributed by atoms with van der Waals surface area (Å²) in [5, 5.41) is 6.82. The van der Waals surface area contributed by atoms with Gasteiger partial charge in [0.15, 0.2) is 17.3 Å². The number of benzene rings is 2. The van der Waals surface area contributed by atoms with Gasteiger partial charge in [-0.2, -0.15) is 0 Å². The predicted molar refractivity (Wildman–Crippen MR) is 203 cm³/mol. The minimum Gasteiger partial charge on any atom is -0.495 e. The third-order valence-electron chi connectivity index (χ3n) is 10.3. The summed E-state index contributed by atoms with van der Waals surface area (Å²) in [6.45, 7) is 10.4. The molecule has 6 rings (SSSR count). The topological polar surface area (TPSA) is 147 Å². The Morgan fingerprint density at radius 3 is 2.33 bits per heavy atom. The number of aryl methyl sites for hydroxylation is 1. The van der Waals surface area contributed by atoms with E-state index in [0.29, 0.717) is 43.0 Å². The Labute approximate surface area is 306 Å². The molecule has 13 heteroatoms. The number of esters is 1. The first-order valence-corrected chi connectivity index (χ1v) is 18.4. The zero-order valence-electron chi connectivity index (χ0n) is 30.6. The van der Waals surface area contributed by atoms with Gasteiger partial charge in [0, 0.05) is 88.9 Å². The summed E-state index contributed by atoms with van der Waals surface area (Å²) in [6, 6.07) is 15.1. The van der Waals surface area contributed by atoms with Gasteiger partial charge in [0.1, 0.15) is 5.75 Å². The van der Waals surface area contributed by atoms with Crippen LogP contribution in [0.4, 0.5) is 23.0 Å². The van der Waals surface area contributed by atoms with Gasteiger partial charge in [0.05, 0.1) is 25.6 Å². The Morgan fingerprint density at radius 1 is 0.942 bits per heavy atom. The smallest absolute Gasteiger partial charge is 0.330 e. The molecule has 1 amide bonds. The quantitative estimate of drug-likeness (QED) is 0.170. The molecule has 1 aromatic heterocycles. The Balaban J connectivity index is 1.03. The van der Waals surface area contributed by atoms with Crippen molar-refractivity contribution in [3.63, 3.8) is 0 Å². The van der Waals surface area contributed by atoms with Crippen LogP contribution >= 0.6 is 0 Å². The predicted octanol–water partition coefficient (Wildman–Crippen LogP) is 4.45. The lowest BCUT2D eigenvalue weighted by Gasteiger charge is -2.43. The number of methoxy groups -OCH3 is 2. The number of hydrogen-bond acceptors (Lipinski definition) is 12. The number of piperazine rings is 1. The number of nitrogens with zero attached hydrogens (tertiary/aromatic N) is 5. The number of amides is 1. The molecule has 52 heavy (non-hydrogen) atoms. The van der Waals surface area contributed by atoms with Gasteiger partial charge in [-0.15, -0.1) is 0 Å². The first-order chi connectivity index (χ1) is 25.3. The van der Waals surface area contributed by atoms with E-state index in [1.807, 2.05) is 31.2 Å². The molecule has 0 unspecified atom stereocenters. The fraction of sp³-hybridized carbons (Fsp3) is 0.487. The lowest BCUT2D eigenvalue weighted by molar-refractivity contribution is -0.134. The van der Waals surface area contributed by atoms with Gasteiger partial charge in [-0.3, -0.25) is 14.6 Å². The minimum absolute atomic E-state index is 0.112. The van der Waals surface area contributed by atoms with E-state index in [9.17, 15) is 9.59 Å². The number of anilines is 4. The SMILES string of the molecule is CCc1nc(C(N)=O)c(Nc2ccc(N3CCC(N4CCN(Cc5ccc(/C=C/C(=O)OC)cc5)CC4)CC3)c(OC)c2)nc1NC1CCOCC1. The molecule has 3 aliphatic heterocycles. The van der Waals surface area contributed by atoms with Gasteiger partial charge in [-0.1, -0.05) is 31.2 Å². The van der Waals surface area contributed by atoms with Crippen LogP contribution in [-0.4, -0.2) is 110 Å². The average Bonchev–Trinajstić information content (AvgIpc) is 3.18. The van der Waals surface area contributed by atoms with E-state index in [4.69, 9.17) is 20.2 Å². The number of hydrogen-bond donors (Lipinski definition) is 3. The van der Waals surface area contributed by atoms with Gasteiger partial charge in [0.2, 0.25) is 0 Å². The lowest BCUT2D eigenvalue weighted by Crippen LogP contribution is -2.53. The first-order valence-electron chi connectivity index (χ1n) is 18.4. The van der Waals surface area contributed by atoms with E-state index in [1.165, 1.54) is 18.7 Å². The molecule has 0 radical (unpaired) electrons. The van der Waals surface area contributed by atoms with Crippen LogP contribution < -0.4 is 26.0 Å². The van der Waals surface area contributed by atoms with Crippen molar-refractivity contribution in [2.75, 3.05) is 82.2 Å². The van der Waals surface area contributed by atoms with Gasteiger partial charge in [-0.05, 0) is 61.4 Å². The number of carbonyl (C=O) groups is 2. The number of nitrogens with two attached hydrogens (primary N) is 1. The number of ether oxygens (including phenoxy) is 3. The Morgan fingerprint density at radius 2 is 1.67 bits per heavy atom. The second-order valence-corrected chi connectivity index (χ2v) is 13.6. The molecule has 2 aromatic carbocycles. The third-order valence-corrected chi connectivity index (χ3v) is 10.3. The largest absolute Gasteiger partial charge is 0.495 e. The number of aromatic nitrogens is 2. The summed E-state index contributed by atoms with van der Waals surface area (Å²) in [5.41, 5.74) is 10.6. The Bertz CT molecular complexity index is 1700. The Hall–Kier alpha value is -4.72. The van der Waals surface area contributed by atoms with Crippen LogP contribution in [0.1, 0.15) is 59.9 Å². The molecule has 0 atom stereocenters. The molecule has 3 fully saturated rings. The van der Waals surface area contributed by atoms with Gasteiger partial charge >= 0.3 is 5.97 Å². The highest BCUT2D eigenvalue weighted by Gasteiger charge is 2.29. The lowest BCUT2D eigenvalue weighted by atomic mass is 10.0. The van der Waals surface area contributed by atoms with Crippen molar-refractivity contribution in [3.8, 4) is 5.75 Å². The highest BCUT2D eigenvalue weighted by Crippen LogP contribution is 2.35. The first kappa shape index (κ1) is 37.1. The van der Waals surface area contributed by atoms with Crippen LogP contribution in [0.5, 0.6) is 5.75 Å². The van der Waals surface area contributed by atoms with Crippen molar-refractivity contribution in [1.82, 2.24) is 19.8 Å².